The van der Waals surface area contributed by atoms with E-state index in [1.807, 2.05) is 51.2 Å². The van der Waals surface area contributed by atoms with E-state index < -0.39 is 13.9 Å². The fourth-order valence-corrected chi connectivity index (χ4v) is 11.2. The number of nitrogens with zero attached hydrogens (tertiary/aromatic N) is 2. The Morgan fingerprint density at radius 1 is 0.955 bits per heavy atom. The molecule has 0 saturated heterocycles. The standard InChI is InChI=1S/C37H47BrN2O3Si/c1-9-28(27-42-44(37(5,6)7,30-17-12-10-13-18-30)31-19-14-11-15-20-31)25-39(8)24-23-29-26-40(35(41)43-36(2,3)4)33-22-16-21-32(38)34(29)33/h9-22,26,28H,1,23-25,27H2,2-8H3. The predicted molar refractivity (Wildman–Crippen MR) is 190 cm³/mol. The number of aromatic nitrogens is 1. The van der Waals surface area contributed by atoms with Crippen molar-refractivity contribution in [2.24, 2.45) is 5.92 Å². The highest BCUT2D eigenvalue weighted by Crippen LogP contribution is 2.37. The first kappa shape index (κ1) is 33.9. The molecule has 0 amide bonds. The van der Waals surface area contributed by atoms with Crippen LogP contribution in [0.4, 0.5) is 4.79 Å². The minimum atomic E-state index is -2.63. The van der Waals surface area contributed by atoms with E-state index in [9.17, 15) is 4.79 Å². The van der Waals surface area contributed by atoms with Gasteiger partial charge in [-0.2, -0.15) is 0 Å². The number of carbonyl (C=O) groups excluding carboxylic acids is 1. The van der Waals surface area contributed by atoms with E-state index in [1.54, 1.807) is 4.57 Å². The number of fused-ring (bicyclic) bond motifs is 1. The molecule has 0 spiro atoms. The molecule has 0 N–H and O–H groups in total. The molecule has 0 aliphatic heterocycles. The summed E-state index contributed by atoms with van der Waals surface area (Å²) in [6, 6.07) is 27.5. The lowest BCUT2D eigenvalue weighted by Gasteiger charge is -2.43. The maximum Gasteiger partial charge on any atom is 0.419 e. The normalized spacial score (nSPS) is 13.3. The summed E-state index contributed by atoms with van der Waals surface area (Å²) in [6.45, 7) is 19.0. The van der Waals surface area contributed by atoms with Gasteiger partial charge >= 0.3 is 6.09 Å². The van der Waals surface area contributed by atoms with Gasteiger partial charge in [0.05, 0.1) is 5.52 Å². The second-order valence-corrected chi connectivity index (χ2v) is 18.8. The van der Waals surface area contributed by atoms with E-state index in [1.165, 1.54) is 10.4 Å². The van der Waals surface area contributed by atoms with Crippen molar-refractivity contribution >= 4 is 51.6 Å². The Kier molecular flexibility index (Phi) is 10.8. The second-order valence-electron chi connectivity index (χ2n) is 13.6. The summed E-state index contributed by atoms with van der Waals surface area (Å²) in [7, 11) is -0.490. The molecule has 0 saturated carbocycles. The maximum absolute atomic E-state index is 13.0. The SMILES string of the molecule is C=CC(CO[Si](c1ccccc1)(c1ccccc1)C(C)(C)C)CN(C)CCc1cn(C(=O)OC(C)(C)C)c2cccc(Br)c12. The first-order valence-corrected chi connectivity index (χ1v) is 18.0. The number of carbonyl (C=O) groups is 1. The molecule has 234 valence electrons. The van der Waals surface area contributed by atoms with Crippen LogP contribution < -0.4 is 10.4 Å². The van der Waals surface area contributed by atoms with Gasteiger partial charge in [0.25, 0.3) is 8.32 Å². The average molecular weight is 676 g/mol. The van der Waals surface area contributed by atoms with Gasteiger partial charge in [0, 0.05) is 41.7 Å². The van der Waals surface area contributed by atoms with Crippen molar-refractivity contribution in [1.82, 2.24) is 9.47 Å². The van der Waals surface area contributed by atoms with Crippen molar-refractivity contribution in [3.05, 3.63) is 108 Å². The maximum atomic E-state index is 13.0. The van der Waals surface area contributed by atoms with Gasteiger partial charge < -0.3 is 14.1 Å². The smallest absolute Gasteiger partial charge is 0.419 e. The van der Waals surface area contributed by atoms with Crippen LogP contribution in [-0.2, 0) is 15.6 Å². The molecule has 44 heavy (non-hydrogen) atoms. The molecule has 4 aromatic rings. The number of halogens is 1. The highest BCUT2D eigenvalue weighted by molar-refractivity contribution is 9.10. The monoisotopic (exact) mass is 674 g/mol. The Morgan fingerprint density at radius 3 is 2.07 bits per heavy atom. The van der Waals surface area contributed by atoms with Crippen LogP contribution in [0.5, 0.6) is 0 Å². The van der Waals surface area contributed by atoms with Crippen LogP contribution in [0.25, 0.3) is 10.9 Å². The van der Waals surface area contributed by atoms with Crippen molar-refractivity contribution in [2.75, 3.05) is 26.7 Å². The van der Waals surface area contributed by atoms with Crippen LogP contribution in [-0.4, -0.2) is 56.2 Å². The van der Waals surface area contributed by atoms with Gasteiger partial charge in [-0.15, -0.1) is 6.58 Å². The third kappa shape index (κ3) is 7.63. The molecule has 1 heterocycles. The minimum Gasteiger partial charge on any atom is -0.443 e. The first-order valence-electron chi connectivity index (χ1n) is 15.3. The largest absolute Gasteiger partial charge is 0.443 e. The highest BCUT2D eigenvalue weighted by Gasteiger charge is 2.50. The summed E-state index contributed by atoms with van der Waals surface area (Å²) in [5, 5.41) is 3.52. The van der Waals surface area contributed by atoms with Gasteiger partial charge in [-0.3, -0.25) is 4.57 Å². The second kappa shape index (κ2) is 14.0. The number of ether oxygens (including phenoxy) is 1. The van der Waals surface area contributed by atoms with Crippen LogP contribution in [0.2, 0.25) is 5.04 Å². The molecule has 3 aromatic carbocycles. The summed E-state index contributed by atoms with van der Waals surface area (Å²) in [5.74, 6) is 0.150. The molecule has 0 radical (unpaired) electrons. The van der Waals surface area contributed by atoms with Gasteiger partial charge in [-0.1, -0.05) is 110 Å². The van der Waals surface area contributed by atoms with Crippen molar-refractivity contribution in [2.45, 2.75) is 58.6 Å². The predicted octanol–water partition coefficient (Wildman–Crippen LogP) is 8.04. The number of hydrogen-bond donors (Lipinski definition) is 0. The summed E-state index contributed by atoms with van der Waals surface area (Å²) < 4.78 is 15.5. The van der Waals surface area contributed by atoms with Gasteiger partial charge in [0.15, 0.2) is 0 Å². The van der Waals surface area contributed by atoms with E-state index in [-0.39, 0.29) is 17.0 Å². The third-order valence-electron chi connectivity index (χ3n) is 8.02. The van der Waals surface area contributed by atoms with Crippen molar-refractivity contribution in [3.63, 3.8) is 0 Å². The minimum absolute atomic E-state index is 0.0803. The first-order chi connectivity index (χ1) is 20.8. The lowest BCUT2D eigenvalue weighted by atomic mass is 10.1. The zero-order valence-corrected chi connectivity index (χ0v) is 29.9. The number of hydrogen-bond acceptors (Lipinski definition) is 4. The van der Waals surface area contributed by atoms with Crippen LogP contribution in [0, 0.1) is 5.92 Å². The Balaban J connectivity index is 1.52. The Morgan fingerprint density at radius 2 is 1.55 bits per heavy atom. The zero-order chi connectivity index (χ0) is 32.1. The van der Waals surface area contributed by atoms with E-state index in [0.29, 0.717) is 6.61 Å². The van der Waals surface area contributed by atoms with Gasteiger partial charge in [-0.25, -0.2) is 4.79 Å². The lowest BCUT2D eigenvalue weighted by molar-refractivity contribution is 0.0544. The number of likely N-dealkylation sites (N-methyl/N-ethyl adjacent to an activating group) is 1. The van der Waals surface area contributed by atoms with E-state index in [4.69, 9.17) is 9.16 Å². The third-order valence-corrected chi connectivity index (χ3v) is 13.7. The molecule has 0 aliphatic carbocycles. The Hall–Kier alpha value is -2.97. The molecule has 0 aliphatic rings. The summed E-state index contributed by atoms with van der Waals surface area (Å²) in [6.07, 6.45) is 4.37. The topological polar surface area (TPSA) is 43.7 Å². The van der Waals surface area contributed by atoms with Gasteiger partial charge in [-0.05, 0) is 67.3 Å². The Bertz CT molecular complexity index is 1520. The molecule has 5 nitrogen and oxygen atoms in total. The van der Waals surface area contributed by atoms with Crippen LogP contribution in [0.3, 0.4) is 0 Å². The van der Waals surface area contributed by atoms with E-state index in [0.717, 1.165) is 40.4 Å². The molecule has 0 fully saturated rings. The summed E-state index contributed by atoms with van der Waals surface area (Å²) >= 11 is 3.72. The fraction of sp³-hybridized carbons (Fsp3) is 0.378. The van der Waals surface area contributed by atoms with Gasteiger partial charge in [0.1, 0.15) is 5.60 Å². The average Bonchev–Trinajstić information content (AvgIpc) is 3.35. The molecular weight excluding hydrogens is 628 g/mol. The van der Waals surface area contributed by atoms with Crippen molar-refractivity contribution < 1.29 is 14.0 Å². The summed E-state index contributed by atoms with van der Waals surface area (Å²) in [5.41, 5.74) is 1.37. The lowest BCUT2D eigenvalue weighted by Crippen LogP contribution is -2.67. The number of rotatable bonds is 11. The Labute approximate surface area is 273 Å². The van der Waals surface area contributed by atoms with Crippen LogP contribution >= 0.6 is 15.9 Å². The molecular formula is C37H47BrN2O3Si. The molecule has 1 aromatic heterocycles. The van der Waals surface area contributed by atoms with Crippen molar-refractivity contribution in [1.29, 1.82) is 0 Å². The van der Waals surface area contributed by atoms with E-state index in [2.05, 4.69) is 116 Å². The van der Waals surface area contributed by atoms with Crippen LogP contribution in [0.1, 0.15) is 47.1 Å². The fourth-order valence-electron chi connectivity index (χ4n) is 5.96. The number of benzene rings is 3. The molecule has 1 atom stereocenters. The zero-order valence-electron chi connectivity index (χ0n) is 27.3. The quantitative estimate of drug-likeness (QED) is 0.119. The van der Waals surface area contributed by atoms with Crippen molar-refractivity contribution in [3.8, 4) is 0 Å². The highest BCUT2D eigenvalue weighted by atomic mass is 79.9. The molecule has 0 bridgehead atoms. The molecule has 4 rings (SSSR count). The summed E-state index contributed by atoms with van der Waals surface area (Å²) in [4.78, 5) is 15.4. The van der Waals surface area contributed by atoms with Crippen LogP contribution in [0.15, 0.2) is 102 Å². The molecule has 7 heteroatoms. The van der Waals surface area contributed by atoms with E-state index >= 15 is 0 Å². The van der Waals surface area contributed by atoms with Gasteiger partial charge in [0.2, 0.25) is 0 Å². The molecule has 1 unspecified atom stereocenters.